The molecule has 4 aromatic rings. The zero-order chi connectivity index (χ0) is 31.5. The van der Waals surface area contributed by atoms with Crippen LogP contribution in [0, 0.1) is 17.7 Å². The van der Waals surface area contributed by atoms with Crippen molar-refractivity contribution in [2.45, 2.75) is 39.3 Å². The zero-order valence-corrected chi connectivity index (χ0v) is 26.8. The van der Waals surface area contributed by atoms with Crippen molar-refractivity contribution in [3.05, 3.63) is 85.4 Å². The molecule has 11 heteroatoms. The number of allylic oxidation sites excluding steroid dienone is 2. The average molecular weight is 625 g/mol. The molecule has 0 bridgehead atoms. The molecule has 1 aromatic carbocycles. The topological polar surface area (TPSA) is 90.7 Å². The lowest BCUT2D eigenvalue weighted by molar-refractivity contribution is 0.414. The van der Waals surface area contributed by atoms with Gasteiger partial charge in [-0.15, -0.1) is 11.3 Å². The third-order valence-electron chi connectivity index (χ3n) is 8.03. The first kappa shape index (κ1) is 30.6. The number of pyridine rings is 1. The van der Waals surface area contributed by atoms with E-state index >= 15 is 4.39 Å². The largest absolute Gasteiger partial charge is 0.366 e. The fourth-order valence-electron chi connectivity index (χ4n) is 5.55. The Balaban J connectivity index is 1.36. The van der Waals surface area contributed by atoms with Crippen LogP contribution in [0.2, 0.25) is 0 Å². The zero-order valence-electron chi connectivity index (χ0n) is 26.0. The van der Waals surface area contributed by atoms with Crippen molar-refractivity contribution in [3.63, 3.8) is 0 Å². The summed E-state index contributed by atoms with van der Waals surface area (Å²) in [5.41, 5.74) is 4.56. The van der Waals surface area contributed by atoms with Crippen molar-refractivity contribution in [1.82, 2.24) is 24.8 Å². The summed E-state index contributed by atoms with van der Waals surface area (Å²) in [6, 6.07) is 9.18. The van der Waals surface area contributed by atoms with E-state index in [1.54, 1.807) is 34.2 Å². The van der Waals surface area contributed by atoms with Crippen LogP contribution in [0.25, 0.3) is 11.0 Å². The van der Waals surface area contributed by atoms with Gasteiger partial charge in [-0.25, -0.2) is 9.37 Å². The van der Waals surface area contributed by atoms with Crippen LogP contribution in [0.15, 0.2) is 63.0 Å². The number of aliphatic imine (C=N–C) groups is 1. The van der Waals surface area contributed by atoms with Gasteiger partial charge >= 0.3 is 0 Å². The lowest BCUT2D eigenvalue weighted by Gasteiger charge is -2.33. The Morgan fingerprint density at radius 3 is 2.84 bits per heavy atom. The average Bonchev–Trinajstić information content (AvgIpc) is 3.64. The van der Waals surface area contributed by atoms with E-state index in [4.69, 9.17) is 4.98 Å². The number of likely N-dealkylation sites (N-methyl/N-ethyl adjacent to an activating group) is 1. The van der Waals surface area contributed by atoms with Crippen molar-refractivity contribution in [3.8, 4) is 11.8 Å². The van der Waals surface area contributed by atoms with Gasteiger partial charge in [0.05, 0.1) is 17.8 Å². The van der Waals surface area contributed by atoms with Gasteiger partial charge in [0.2, 0.25) is 5.95 Å². The van der Waals surface area contributed by atoms with Gasteiger partial charge in [0.1, 0.15) is 17.2 Å². The van der Waals surface area contributed by atoms with Gasteiger partial charge in [-0.05, 0) is 87.1 Å². The Bertz CT molecular complexity index is 1910. The molecule has 2 N–H and O–H groups in total. The molecule has 1 unspecified atom stereocenters. The Morgan fingerprint density at radius 2 is 2.09 bits per heavy atom. The summed E-state index contributed by atoms with van der Waals surface area (Å²) in [7, 11) is 4.10. The predicted octanol–water partition coefficient (Wildman–Crippen LogP) is 4.79. The molecule has 0 aliphatic carbocycles. The Labute approximate surface area is 266 Å². The van der Waals surface area contributed by atoms with Crippen LogP contribution in [0.4, 0.5) is 21.7 Å². The number of nitrogens with zero attached hydrogens (tertiary/aromatic N) is 6. The number of halogens is 1. The fourth-order valence-corrected chi connectivity index (χ4v) is 6.44. The van der Waals surface area contributed by atoms with Crippen LogP contribution >= 0.6 is 11.3 Å². The van der Waals surface area contributed by atoms with Gasteiger partial charge in [-0.1, -0.05) is 5.92 Å². The highest BCUT2D eigenvalue weighted by Gasteiger charge is 2.19. The highest BCUT2D eigenvalue weighted by Crippen LogP contribution is 2.26. The van der Waals surface area contributed by atoms with Crippen LogP contribution in [0.3, 0.4) is 0 Å². The highest BCUT2D eigenvalue weighted by molar-refractivity contribution is 7.10. The molecular formula is C34H37FN8OS. The quantitative estimate of drug-likeness (QED) is 0.273. The third-order valence-corrected chi connectivity index (χ3v) is 9.05. The molecular weight excluding hydrogens is 587 g/mol. The molecule has 3 aromatic heterocycles. The summed E-state index contributed by atoms with van der Waals surface area (Å²) in [5.74, 6) is 6.11. The van der Waals surface area contributed by atoms with Crippen LogP contribution in [-0.4, -0.2) is 72.0 Å². The summed E-state index contributed by atoms with van der Waals surface area (Å²) in [4.78, 5) is 33.0. The standard InChI is InChI=1S/C34H37FN8OS/c1-22-9-12-37-29(22)7-5-24-17-26-19-38-34(39-27-6-8-30(28(35)18-27)42-15-13-36-23(2)20-42)40-32(26)43(33(24)44)21-25-11-16-45-31(25)10-14-41(3)4/h6,8,11-12,16-19,23,36H,9-10,13-15,20-21H2,1-4H3,(H,38,39,40). The number of anilines is 3. The van der Waals surface area contributed by atoms with Crippen LogP contribution in [0.1, 0.15) is 36.3 Å². The maximum absolute atomic E-state index is 15.2. The van der Waals surface area contributed by atoms with E-state index in [1.165, 1.54) is 10.9 Å². The minimum Gasteiger partial charge on any atom is -0.366 e. The normalized spacial score (nSPS) is 16.5. The van der Waals surface area contributed by atoms with Gasteiger partial charge in [0.15, 0.2) is 0 Å². The predicted molar refractivity (Wildman–Crippen MR) is 182 cm³/mol. The molecule has 0 spiro atoms. The second kappa shape index (κ2) is 13.3. The number of benzene rings is 1. The number of thiophene rings is 1. The molecule has 2 aliphatic heterocycles. The summed E-state index contributed by atoms with van der Waals surface area (Å²) >= 11 is 1.69. The molecule has 9 nitrogen and oxygen atoms in total. The summed E-state index contributed by atoms with van der Waals surface area (Å²) in [5, 5.41) is 9.28. The summed E-state index contributed by atoms with van der Waals surface area (Å²) < 4.78 is 16.9. The maximum atomic E-state index is 15.2. The minimum atomic E-state index is -0.310. The molecule has 6 rings (SSSR count). The van der Waals surface area contributed by atoms with Gasteiger partial charge in [-0.2, -0.15) is 4.98 Å². The van der Waals surface area contributed by atoms with Crippen molar-refractivity contribution in [1.29, 1.82) is 0 Å². The Hall–Kier alpha value is -4.37. The van der Waals surface area contributed by atoms with Crippen LogP contribution in [0.5, 0.6) is 0 Å². The van der Waals surface area contributed by atoms with E-state index in [1.807, 2.05) is 19.2 Å². The third kappa shape index (κ3) is 6.99. The van der Waals surface area contributed by atoms with Crippen LogP contribution < -0.4 is 21.1 Å². The fraction of sp³-hybridized carbons (Fsp3) is 0.353. The van der Waals surface area contributed by atoms with Crippen molar-refractivity contribution in [2.75, 3.05) is 50.5 Å². The van der Waals surface area contributed by atoms with E-state index in [9.17, 15) is 4.79 Å². The van der Waals surface area contributed by atoms with E-state index < -0.39 is 0 Å². The molecule has 5 heterocycles. The lowest BCUT2D eigenvalue weighted by atomic mass is 10.1. The lowest BCUT2D eigenvalue weighted by Crippen LogP contribution is -2.49. The van der Waals surface area contributed by atoms with E-state index in [-0.39, 0.29) is 17.3 Å². The molecule has 1 saturated heterocycles. The second-order valence-corrected chi connectivity index (χ2v) is 12.8. The second-order valence-electron chi connectivity index (χ2n) is 11.8. The number of nitrogens with one attached hydrogen (secondary N) is 2. The Morgan fingerprint density at radius 1 is 1.22 bits per heavy atom. The van der Waals surface area contributed by atoms with Gasteiger partial charge in [0.25, 0.3) is 5.56 Å². The highest BCUT2D eigenvalue weighted by atomic mass is 32.1. The van der Waals surface area contributed by atoms with E-state index in [0.717, 1.165) is 50.2 Å². The monoisotopic (exact) mass is 624 g/mol. The first-order chi connectivity index (χ1) is 21.7. The number of hydrogen-bond acceptors (Lipinski definition) is 9. The molecule has 2 aliphatic rings. The molecule has 1 atom stereocenters. The van der Waals surface area contributed by atoms with E-state index in [2.05, 4.69) is 74.7 Å². The van der Waals surface area contributed by atoms with Crippen molar-refractivity contribution < 1.29 is 4.39 Å². The molecule has 232 valence electrons. The molecule has 0 saturated carbocycles. The molecule has 1 fully saturated rings. The maximum Gasteiger partial charge on any atom is 0.268 e. The number of piperazine rings is 1. The summed E-state index contributed by atoms with van der Waals surface area (Å²) in [6.45, 7) is 7.65. The van der Waals surface area contributed by atoms with Gasteiger partial charge in [-0.3, -0.25) is 14.4 Å². The van der Waals surface area contributed by atoms with Gasteiger partial charge in [0, 0.05) is 67.0 Å². The Kier molecular flexibility index (Phi) is 9.07. The minimum absolute atomic E-state index is 0.231. The first-order valence-corrected chi connectivity index (χ1v) is 16.0. The SMILES string of the molecule is CC1=C(C#Cc2cc3cnc(Nc4ccc(N5CCNC(C)C5)c(F)c4)nc3n(Cc3ccsc3CCN(C)C)c2=O)N=CC1. The summed E-state index contributed by atoms with van der Waals surface area (Å²) in [6.07, 6.45) is 5.16. The number of hydrogen-bond donors (Lipinski definition) is 2. The first-order valence-electron chi connectivity index (χ1n) is 15.1. The van der Waals surface area contributed by atoms with Crippen molar-refractivity contribution >= 4 is 45.9 Å². The molecule has 0 amide bonds. The van der Waals surface area contributed by atoms with E-state index in [0.29, 0.717) is 46.3 Å². The molecule has 0 radical (unpaired) electrons. The smallest absolute Gasteiger partial charge is 0.268 e. The number of aromatic nitrogens is 3. The number of fused-ring (bicyclic) bond motifs is 1. The van der Waals surface area contributed by atoms with Crippen LogP contribution in [-0.2, 0) is 13.0 Å². The van der Waals surface area contributed by atoms with Gasteiger partial charge < -0.3 is 20.4 Å². The number of rotatable bonds is 8. The molecule has 45 heavy (non-hydrogen) atoms. The van der Waals surface area contributed by atoms with Crippen molar-refractivity contribution in [2.24, 2.45) is 4.99 Å².